The number of rotatable bonds is 6. The van der Waals surface area contributed by atoms with Crippen LogP contribution >= 0.6 is 0 Å². The molecule has 0 saturated heterocycles. The maximum Gasteiger partial charge on any atom is 0.255 e. The van der Waals surface area contributed by atoms with Gasteiger partial charge >= 0.3 is 0 Å². The molecule has 1 atom stereocenters. The zero-order chi connectivity index (χ0) is 24.5. The maximum atomic E-state index is 13.8. The van der Waals surface area contributed by atoms with Crippen LogP contribution < -0.4 is 24.8 Å². The number of aromatic nitrogens is 2. The summed E-state index contributed by atoms with van der Waals surface area (Å²) in [6.07, 6.45) is 0. The van der Waals surface area contributed by atoms with Gasteiger partial charge in [-0.15, -0.1) is 0 Å². The fraction of sp³-hybridized carbons (Fsp3) is 0.185. The van der Waals surface area contributed by atoms with Gasteiger partial charge in [-0.05, 0) is 48.9 Å². The Bertz CT molecular complexity index is 1440. The van der Waals surface area contributed by atoms with Crippen molar-refractivity contribution in [1.82, 2.24) is 9.55 Å². The molecule has 8 heteroatoms. The number of benzene rings is 3. The van der Waals surface area contributed by atoms with Gasteiger partial charge in [0.2, 0.25) is 5.95 Å². The molecule has 2 heterocycles. The van der Waals surface area contributed by atoms with Gasteiger partial charge in [0.1, 0.15) is 17.2 Å². The summed E-state index contributed by atoms with van der Waals surface area (Å²) in [7, 11) is 4.77. The Morgan fingerprint density at radius 2 is 1.66 bits per heavy atom. The van der Waals surface area contributed by atoms with Crippen molar-refractivity contribution in [2.45, 2.75) is 13.0 Å². The number of para-hydroxylation sites is 2. The second kappa shape index (κ2) is 9.06. The molecule has 4 aromatic rings. The number of nitrogens with one attached hydrogen (secondary N) is 2. The van der Waals surface area contributed by atoms with Gasteiger partial charge in [-0.25, -0.2) is 4.98 Å². The van der Waals surface area contributed by atoms with Gasteiger partial charge in [-0.2, -0.15) is 0 Å². The quantitative estimate of drug-likeness (QED) is 0.408. The molecule has 8 nitrogen and oxygen atoms in total. The average Bonchev–Trinajstić information content (AvgIpc) is 3.27. The number of nitrogens with zero attached hydrogens (tertiary/aromatic N) is 2. The van der Waals surface area contributed by atoms with Gasteiger partial charge in [0.05, 0.1) is 49.7 Å². The van der Waals surface area contributed by atoms with Crippen LogP contribution in [0.4, 0.5) is 11.6 Å². The summed E-state index contributed by atoms with van der Waals surface area (Å²) in [5, 5.41) is 6.51. The summed E-state index contributed by atoms with van der Waals surface area (Å²) < 4.78 is 18.1. The molecule has 35 heavy (non-hydrogen) atoms. The van der Waals surface area contributed by atoms with Crippen molar-refractivity contribution in [2.75, 3.05) is 32.0 Å². The summed E-state index contributed by atoms with van der Waals surface area (Å²) in [5.74, 6) is 2.33. The highest BCUT2D eigenvalue weighted by atomic mass is 16.5. The monoisotopic (exact) mass is 470 g/mol. The third kappa shape index (κ3) is 3.93. The van der Waals surface area contributed by atoms with Crippen LogP contribution in [0.2, 0.25) is 0 Å². The van der Waals surface area contributed by atoms with Crippen LogP contribution in [0.3, 0.4) is 0 Å². The Kier molecular flexibility index (Phi) is 5.78. The predicted octanol–water partition coefficient (Wildman–Crippen LogP) is 5.10. The lowest BCUT2D eigenvalue weighted by molar-refractivity contribution is -0.113. The van der Waals surface area contributed by atoms with Crippen LogP contribution in [0, 0.1) is 0 Å². The fourth-order valence-corrected chi connectivity index (χ4v) is 4.43. The SMILES string of the molecule is COc1ccc([C@@H]2Nc3nc4ccccc4n3C(C)=C2C(=O)Nc2ccc(OC)cc2OC)cc1. The molecule has 2 N–H and O–H groups in total. The van der Waals surface area contributed by atoms with Gasteiger partial charge in [0.15, 0.2) is 0 Å². The van der Waals surface area contributed by atoms with E-state index in [-0.39, 0.29) is 5.91 Å². The Morgan fingerprint density at radius 3 is 2.37 bits per heavy atom. The highest BCUT2D eigenvalue weighted by Gasteiger charge is 2.33. The summed E-state index contributed by atoms with van der Waals surface area (Å²) in [6, 6.07) is 20.4. The molecule has 1 aliphatic rings. The van der Waals surface area contributed by atoms with E-state index in [4.69, 9.17) is 19.2 Å². The van der Waals surface area contributed by atoms with Gasteiger partial charge < -0.3 is 24.8 Å². The molecule has 1 aliphatic heterocycles. The normalized spacial score (nSPS) is 14.8. The van der Waals surface area contributed by atoms with Crippen LogP contribution in [0.15, 0.2) is 72.3 Å². The van der Waals surface area contributed by atoms with Crippen molar-refractivity contribution in [1.29, 1.82) is 0 Å². The number of anilines is 2. The van der Waals surface area contributed by atoms with Crippen LogP contribution in [-0.4, -0.2) is 36.8 Å². The lowest BCUT2D eigenvalue weighted by Gasteiger charge is -2.30. The van der Waals surface area contributed by atoms with Gasteiger partial charge in [-0.1, -0.05) is 24.3 Å². The highest BCUT2D eigenvalue weighted by molar-refractivity contribution is 6.10. The Hall–Kier alpha value is -4.46. The summed E-state index contributed by atoms with van der Waals surface area (Å²) in [5.41, 5.74) is 4.60. The van der Waals surface area contributed by atoms with E-state index in [1.807, 2.05) is 60.0 Å². The zero-order valence-corrected chi connectivity index (χ0v) is 20.0. The first-order chi connectivity index (χ1) is 17.0. The number of hydrogen-bond acceptors (Lipinski definition) is 6. The molecule has 0 bridgehead atoms. The Balaban J connectivity index is 1.62. The number of fused-ring (bicyclic) bond motifs is 3. The lowest BCUT2D eigenvalue weighted by Crippen LogP contribution is -2.30. The molecule has 0 unspecified atom stereocenters. The first-order valence-corrected chi connectivity index (χ1v) is 11.2. The van der Waals surface area contributed by atoms with Crippen LogP contribution in [0.25, 0.3) is 16.7 Å². The molecule has 0 aliphatic carbocycles. The molecule has 5 rings (SSSR count). The molecule has 0 saturated carbocycles. The van der Waals surface area contributed by atoms with E-state index < -0.39 is 6.04 Å². The van der Waals surface area contributed by atoms with E-state index in [9.17, 15) is 4.79 Å². The summed E-state index contributed by atoms with van der Waals surface area (Å²) in [6.45, 7) is 1.94. The van der Waals surface area contributed by atoms with Crippen molar-refractivity contribution in [2.24, 2.45) is 0 Å². The second-order valence-electron chi connectivity index (χ2n) is 8.13. The molecule has 178 valence electrons. The summed E-state index contributed by atoms with van der Waals surface area (Å²) >= 11 is 0. The standard InChI is InChI=1S/C27H26N4O4/c1-16-24(26(32)28-21-14-13-19(34-3)15-23(21)35-4)25(17-9-11-18(33-2)12-10-17)30-27-29-20-7-5-6-8-22(20)31(16)27/h5-15,25H,1-4H3,(H,28,32)(H,29,30)/t25-/m0/s1. The van der Waals surface area contributed by atoms with E-state index in [0.717, 1.165) is 28.0 Å². The third-order valence-electron chi connectivity index (χ3n) is 6.20. The van der Waals surface area contributed by atoms with Gasteiger partial charge in [0.25, 0.3) is 5.91 Å². The smallest absolute Gasteiger partial charge is 0.255 e. The van der Waals surface area contributed by atoms with Crippen molar-refractivity contribution in [3.8, 4) is 17.2 Å². The maximum absolute atomic E-state index is 13.8. The number of imidazole rings is 1. The Labute approximate surface area is 203 Å². The molecular weight excluding hydrogens is 444 g/mol. The second-order valence-corrected chi connectivity index (χ2v) is 8.13. The van der Waals surface area contributed by atoms with Crippen LogP contribution in [-0.2, 0) is 4.79 Å². The number of carbonyl (C=O) groups is 1. The first-order valence-electron chi connectivity index (χ1n) is 11.2. The molecule has 1 aromatic heterocycles. The number of amides is 1. The lowest BCUT2D eigenvalue weighted by atomic mass is 9.94. The van der Waals surface area contributed by atoms with E-state index in [1.54, 1.807) is 39.5 Å². The van der Waals surface area contributed by atoms with Gasteiger partial charge in [-0.3, -0.25) is 9.36 Å². The van der Waals surface area contributed by atoms with Crippen molar-refractivity contribution >= 4 is 34.3 Å². The van der Waals surface area contributed by atoms with E-state index in [1.165, 1.54) is 0 Å². The molecule has 1 amide bonds. The van der Waals surface area contributed by atoms with Crippen molar-refractivity contribution in [3.63, 3.8) is 0 Å². The topological polar surface area (TPSA) is 86.6 Å². The molecule has 0 radical (unpaired) electrons. The predicted molar refractivity (Wildman–Crippen MR) is 136 cm³/mol. The number of allylic oxidation sites excluding steroid dienone is 1. The molecule has 0 spiro atoms. The molecule has 3 aromatic carbocycles. The van der Waals surface area contributed by atoms with E-state index in [2.05, 4.69) is 10.6 Å². The van der Waals surface area contributed by atoms with Gasteiger partial charge in [0, 0.05) is 11.8 Å². The average molecular weight is 471 g/mol. The van der Waals surface area contributed by atoms with Crippen LogP contribution in [0.5, 0.6) is 17.2 Å². The number of ether oxygens (including phenoxy) is 3. The minimum Gasteiger partial charge on any atom is -0.497 e. The molecule has 0 fully saturated rings. The zero-order valence-electron chi connectivity index (χ0n) is 20.0. The fourth-order valence-electron chi connectivity index (χ4n) is 4.43. The van der Waals surface area contributed by atoms with Crippen molar-refractivity contribution in [3.05, 3.63) is 77.9 Å². The number of carbonyl (C=O) groups excluding carboxylic acids is 1. The minimum atomic E-state index is -0.422. The first kappa shape index (κ1) is 22.3. The molecular formula is C27H26N4O4. The highest BCUT2D eigenvalue weighted by Crippen LogP contribution is 2.40. The largest absolute Gasteiger partial charge is 0.497 e. The van der Waals surface area contributed by atoms with Crippen LogP contribution in [0.1, 0.15) is 18.5 Å². The number of hydrogen-bond donors (Lipinski definition) is 2. The van der Waals surface area contributed by atoms with E-state index >= 15 is 0 Å². The summed E-state index contributed by atoms with van der Waals surface area (Å²) in [4.78, 5) is 18.6. The number of methoxy groups -OCH3 is 3. The Morgan fingerprint density at radius 1 is 0.943 bits per heavy atom. The van der Waals surface area contributed by atoms with Crippen molar-refractivity contribution < 1.29 is 19.0 Å². The third-order valence-corrected chi connectivity index (χ3v) is 6.20. The minimum absolute atomic E-state index is 0.247. The van der Waals surface area contributed by atoms with E-state index in [0.29, 0.717) is 28.7 Å².